The molecule has 2 fully saturated rings. The maximum atomic E-state index is 12.8. The van der Waals surface area contributed by atoms with Crippen LogP contribution in [0, 0.1) is 6.92 Å². The van der Waals surface area contributed by atoms with Crippen LogP contribution in [0.1, 0.15) is 35.4 Å². The lowest BCUT2D eigenvalue weighted by atomic mass is 9.89. The van der Waals surface area contributed by atoms with Crippen molar-refractivity contribution in [3.63, 3.8) is 0 Å². The molecule has 0 aliphatic carbocycles. The summed E-state index contributed by atoms with van der Waals surface area (Å²) in [5, 5.41) is 1.53. The molecule has 2 aromatic rings. The monoisotopic (exact) mass is 380 g/mol. The second-order valence-corrected chi connectivity index (χ2v) is 7.76. The van der Waals surface area contributed by atoms with Gasteiger partial charge >= 0.3 is 0 Å². The maximum absolute atomic E-state index is 12.8. The summed E-state index contributed by atoms with van der Waals surface area (Å²) in [5.41, 5.74) is 3.67. The standard InChI is InChI=1S/C23H28N2O3/c1-17-3-5-18(6-4-17)15-25-23(26)22(16-28-25)24-13-11-20(12-14-24)19-7-9-21(27-2)10-8-19/h3-10,20,22H,11-16H2,1-2H3. The number of aryl methyl sites for hydroxylation is 1. The fourth-order valence-electron chi connectivity index (χ4n) is 4.13. The first kappa shape index (κ1) is 19.0. The molecule has 1 amide bonds. The van der Waals surface area contributed by atoms with E-state index in [1.165, 1.54) is 16.2 Å². The maximum Gasteiger partial charge on any atom is 0.266 e. The number of nitrogens with zero attached hydrogens (tertiary/aromatic N) is 2. The fraction of sp³-hybridized carbons (Fsp3) is 0.435. The average Bonchev–Trinajstić information content (AvgIpc) is 3.10. The molecular formula is C23H28N2O3. The highest BCUT2D eigenvalue weighted by molar-refractivity contribution is 5.82. The summed E-state index contributed by atoms with van der Waals surface area (Å²) in [4.78, 5) is 20.9. The third kappa shape index (κ3) is 4.05. The Hall–Kier alpha value is -2.37. The normalized spacial score (nSPS) is 21.3. The smallest absolute Gasteiger partial charge is 0.266 e. The molecule has 0 saturated carbocycles. The van der Waals surface area contributed by atoms with Crippen LogP contribution in [-0.4, -0.2) is 48.7 Å². The third-order valence-corrected chi connectivity index (χ3v) is 5.92. The summed E-state index contributed by atoms with van der Waals surface area (Å²) in [6, 6.07) is 16.5. The van der Waals surface area contributed by atoms with E-state index in [0.29, 0.717) is 19.1 Å². The third-order valence-electron chi connectivity index (χ3n) is 5.92. The number of hydrogen-bond donors (Lipinski definition) is 0. The van der Waals surface area contributed by atoms with Gasteiger partial charge in [0.2, 0.25) is 0 Å². The summed E-state index contributed by atoms with van der Waals surface area (Å²) in [6.45, 7) is 4.88. The topological polar surface area (TPSA) is 42.0 Å². The number of carbonyl (C=O) groups is 1. The molecule has 4 rings (SSSR count). The van der Waals surface area contributed by atoms with Crippen LogP contribution in [0.2, 0.25) is 0 Å². The van der Waals surface area contributed by atoms with E-state index in [2.05, 4.69) is 48.2 Å². The van der Waals surface area contributed by atoms with E-state index >= 15 is 0 Å². The van der Waals surface area contributed by atoms with Crippen LogP contribution in [0.5, 0.6) is 5.75 Å². The summed E-state index contributed by atoms with van der Waals surface area (Å²) in [6.07, 6.45) is 2.13. The first-order valence-electron chi connectivity index (χ1n) is 10.0. The van der Waals surface area contributed by atoms with E-state index in [1.807, 2.05) is 12.1 Å². The molecular weight excluding hydrogens is 352 g/mol. The van der Waals surface area contributed by atoms with Crippen molar-refractivity contribution < 1.29 is 14.4 Å². The van der Waals surface area contributed by atoms with Gasteiger partial charge in [-0.05, 0) is 62.0 Å². The van der Waals surface area contributed by atoms with Crippen LogP contribution in [0.25, 0.3) is 0 Å². The molecule has 28 heavy (non-hydrogen) atoms. The number of amides is 1. The van der Waals surface area contributed by atoms with Crippen molar-refractivity contribution >= 4 is 5.91 Å². The lowest BCUT2D eigenvalue weighted by Gasteiger charge is -2.34. The van der Waals surface area contributed by atoms with E-state index in [4.69, 9.17) is 9.57 Å². The summed E-state index contributed by atoms with van der Waals surface area (Å²) in [5.74, 6) is 1.52. The molecule has 5 heteroatoms. The van der Waals surface area contributed by atoms with Gasteiger partial charge in [-0.25, -0.2) is 5.06 Å². The zero-order valence-corrected chi connectivity index (χ0v) is 16.6. The van der Waals surface area contributed by atoms with Gasteiger partial charge < -0.3 is 4.74 Å². The SMILES string of the molecule is COc1ccc(C2CCN(C3CON(Cc4ccc(C)cc4)C3=O)CC2)cc1. The summed E-state index contributed by atoms with van der Waals surface area (Å²) >= 11 is 0. The highest BCUT2D eigenvalue weighted by Crippen LogP contribution is 2.31. The molecule has 2 saturated heterocycles. The second kappa shape index (κ2) is 8.33. The minimum atomic E-state index is -0.151. The number of piperidine rings is 1. The number of hydrogen-bond acceptors (Lipinski definition) is 4. The minimum absolute atomic E-state index is 0.0865. The van der Waals surface area contributed by atoms with Crippen molar-refractivity contribution in [2.45, 2.75) is 38.3 Å². The van der Waals surface area contributed by atoms with Crippen molar-refractivity contribution in [1.82, 2.24) is 9.96 Å². The zero-order chi connectivity index (χ0) is 19.5. The second-order valence-electron chi connectivity index (χ2n) is 7.76. The number of likely N-dealkylation sites (tertiary alicyclic amines) is 1. The Morgan fingerprint density at radius 3 is 2.36 bits per heavy atom. The number of hydroxylamine groups is 2. The van der Waals surface area contributed by atoms with E-state index in [-0.39, 0.29) is 11.9 Å². The molecule has 1 atom stereocenters. The lowest BCUT2D eigenvalue weighted by molar-refractivity contribution is -0.164. The zero-order valence-electron chi connectivity index (χ0n) is 16.6. The summed E-state index contributed by atoms with van der Waals surface area (Å²) in [7, 11) is 1.69. The summed E-state index contributed by atoms with van der Waals surface area (Å²) < 4.78 is 5.25. The van der Waals surface area contributed by atoms with Gasteiger partial charge in [0.05, 0.1) is 20.3 Å². The largest absolute Gasteiger partial charge is 0.497 e. The Kier molecular flexibility index (Phi) is 5.64. The van der Waals surface area contributed by atoms with Gasteiger partial charge in [-0.3, -0.25) is 14.5 Å². The van der Waals surface area contributed by atoms with Crippen molar-refractivity contribution in [3.8, 4) is 5.75 Å². The highest BCUT2D eigenvalue weighted by Gasteiger charge is 2.38. The molecule has 5 nitrogen and oxygen atoms in total. The van der Waals surface area contributed by atoms with Gasteiger partial charge in [-0.1, -0.05) is 42.0 Å². The van der Waals surface area contributed by atoms with Gasteiger partial charge in [-0.2, -0.15) is 0 Å². The van der Waals surface area contributed by atoms with Crippen molar-refractivity contribution in [2.24, 2.45) is 0 Å². The molecule has 2 aliphatic heterocycles. The first-order chi connectivity index (χ1) is 13.6. The van der Waals surface area contributed by atoms with Crippen LogP contribution < -0.4 is 4.74 Å². The number of carbonyl (C=O) groups excluding carboxylic acids is 1. The fourth-order valence-corrected chi connectivity index (χ4v) is 4.13. The molecule has 0 aromatic heterocycles. The van der Waals surface area contributed by atoms with E-state index < -0.39 is 0 Å². The van der Waals surface area contributed by atoms with Crippen molar-refractivity contribution in [1.29, 1.82) is 0 Å². The molecule has 0 N–H and O–H groups in total. The first-order valence-corrected chi connectivity index (χ1v) is 10.0. The number of rotatable bonds is 5. The highest BCUT2D eigenvalue weighted by atomic mass is 16.7. The molecule has 148 valence electrons. The number of ether oxygens (including phenoxy) is 1. The average molecular weight is 380 g/mol. The molecule has 2 heterocycles. The van der Waals surface area contributed by atoms with Gasteiger partial charge in [0.1, 0.15) is 11.8 Å². The van der Waals surface area contributed by atoms with Crippen LogP contribution in [0.3, 0.4) is 0 Å². The van der Waals surface area contributed by atoms with Crippen LogP contribution in [0.15, 0.2) is 48.5 Å². The Morgan fingerprint density at radius 1 is 1.04 bits per heavy atom. The molecule has 2 aliphatic rings. The van der Waals surface area contributed by atoms with Gasteiger partial charge in [0, 0.05) is 0 Å². The quantitative estimate of drug-likeness (QED) is 0.796. The lowest BCUT2D eigenvalue weighted by Crippen LogP contribution is -2.46. The molecule has 0 radical (unpaired) electrons. The molecule has 0 spiro atoms. The Morgan fingerprint density at radius 2 is 1.71 bits per heavy atom. The number of benzene rings is 2. The molecule has 2 aromatic carbocycles. The Balaban J connectivity index is 1.32. The van der Waals surface area contributed by atoms with Crippen molar-refractivity contribution in [2.75, 3.05) is 26.8 Å². The van der Waals surface area contributed by atoms with Gasteiger partial charge in [0.15, 0.2) is 0 Å². The van der Waals surface area contributed by atoms with Gasteiger partial charge in [0.25, 0.3) is 5.91 Å². The van der Waals surface area contributed by atoms with Crippen LogP contribution in [-0.2, 0) is 16.2 Å². The molecule has 1 unspecified atom stereocenters. The molecule has 0 bridgehead atoms. The number of methoxy groups -OCH3 is 1. The Labute approximate surface area is 166 Å². The van der Waals surface area contributed by atoms with E-state index in [0.717, 1.165) is 37.2 Å². The predicted molar refractivity (Wildman–Crippen MR) is 108 cm³/mol. The van der Waals surface area contributed by atoms with Gasteiger partial charge in [-0.15, -0.1) is 0 Å². The minimum Gasteiger partial charge on any atom is -0.497 e. The predicted octanol–water partition coefficient (Wildman–Crippen LogP) is 3.53. The Bertz CT molecular complexity index is 796. The van der Waals surface area contributed by atoms with E-state index in [1.54, 1.807) is 7.11 Å². The van der Waals surface area contributed by atoms with Crippen LogP contribution in [0.4, 0.5) is 0 Å². The van der Waals surface area contributed by atoms with Crippen molar-refractivity contribution in [3.05, 3.63) is 65.2 Å². The van der Waals surface area contributed by atoms with E-state index in [9.17, 15) is 4.79 Å². The van der Waals surface area contributed by atoms with Crippen LogP contribution >= 0.6 is 0 Å².